The number of hydrazone groups is 1. The van der Waals surface area contributed by atoms with Crippen LogP contribution in [-0.4, -0.2) is 17.1 Å². The van der Waals surface area contributed by atoms with Crippen molar-refractivity contribution in [1.82, 2.24) is 10.4 Å². The Morgan fingerprint density at radius 3 is 2.60 bits per heavy atom. The van der Waals surface area contributed by atoms with E-state index >= 15 is 0 Å². The van der Waals surface area contributed by atoms with Gasteiger partial charge >= 0.3 is 0 Å². The Balaban J connectivity index is 2.05. The van der Waals surface area contributed by atoms with Gasteiger partial charge in [0.05, 0.1) is 11.2 Å². The van der Waals surface area contributed by atoms with Crippen molar-refractivity contribution in [3.8, 4) is 0 Å². The SMILES string of the molecule is O=C(N/N=C/c1ccc(Br)cc1)c1nc(Cl)ccc1Cl. The molecule has 0 aliphatic carbocycles. The highest BCUT2D eigenvalue weighted by molar-refractivity contribution is 9.10. The largest absolute Gasteiger partial charge is 0.291 e. The lowest BCUT2D eigenvalue weighted by Gasteiger charge is -2.02. The van der Waals surface area contributed by atoms with Crippen LogP contribution in [0.25, 0.3) is 0 Å². The topological polar surface area (TPSA) is 54.4 Å². The molecule has 1 aromatic heterocycles. The van der Waals surface area contributed by atoms with Gasteiger partial charge in [0.2, 0.25) is 0 Å². The average molecular weight is 373 g/mol. The highest BCUT2D eigenvalue weighted by Gasteiger charge is 2.11. The number of carbonyl (C=O) groups is 1. The van der Waals surface area contributed by atoms with E-state index in [1.54, 1.807) is 0 Å². The molecule has 0 saturated heterocycles. The van der Waals surface area contributed by atoms with E-state index in [2.05, 4.69) is 31.4 Å². The Morgan fingerprint density at radius 2 is 1.90 bits per heavy atom. The predicted octanol–water partition coefficient (Wildman–Crippen LogP) is 3.91. The zero-order valence-electron chi connectivity index (χ0n) is 9.98. The number of rotatable bonds is 3. The predicted molar refractivity (Wildman–Crippen MR) is 83.5 cm³/mol. The zero-order valence-corrected chi connectivity index (χ0v) is 13.1. The average Bonchev–Trinajstić information content (AvgIpc) is 2.43. The second-order valence-corrected chi connectivity index (χ2v) is 5.43. The van der Waals surface area contributed by atoms with Crippen LogP contribution in [0.2, 0.25) is 10.2 Å². The van der Waals surface area contributed by atoms with E-state index in [1.807, 2.05) is 24.3 Å². The molecule has 0 radical (unpaired) electrons. The van der Waals surface area contributed by atoms with Gasteiger partial charge in [0.15, 0.2) is 0 Å². The van der Waals surface area contributed by atoms with E-state index in [-0.39, 0.29) is 15.9 Å². The molecule has 102 valence electrons. The lowest BCUT2D eigenvalue weighted by molar-refractivity contribution is 0.0950. The molecule has 4 nitrogen and oxygen atoms in total. The van der Waals surface area contributed by atoms with Crippen molar-refractivity contribution in [3.05, 3.63) is 62.3 Å². The normalized spacial score (nSPS) is 10.8. The summed E-state index contributed by atoms with van der Waals surface area (Å²) < 4.78 is 0.966. The van der Waals surface area contributed by atoms with E-state index in [9.17, 15) is 4.79 Å². The molecule has 2 aromatic rings. The molecule has 1 amide bonds. The van der Waals surface area contributed by atoms with Gasteiger partial charge in [0, 0.05) is 4.47 Å². The number of carbonyl (C=O) groups excluding carboxylic acids is 1. The fourth-order valence-corrected chi connectivity index (χ4v) is 1.95. The van der Waals surface area contributed by atoms with Crippen LogP contribution in [0.3, 0.4) is 0 Å². The lowest BCUT2D eigenvalue weighted by atomic mass is 10.2. The molecule has 1 heterocycles. The van der Waals surface area contributed by atoms with E-state index in [0.717, 1.165) is 10.0 Å². The van der Waals surface area contributed by atoms with Crippen LogP contribution < -0.4 is 5.43 Å². The first-order valence-corrected chi connectivity index (χ1v) is 7.02. The second-order valence-electron chi connectivity index (χ2n) is 3.72. The monoisotopic (exact) mass is 371 g/mol. The lowest BCUT2D eigenvalue weighted by Crippen LogP contribution is -2.19. The van der Waals surface area contributed by atoms with E-state index in [1.165, 1.54) is 18.3 Å². The minimum absolute atomic E-state index is 0.0344. The van der Waals surface area contributed by atoms with Gasteiger partial charge in [-0.25, -0.2) is 10.4 Å². The Hall–Kier alpha value is -1.43. The molecule has 1 N–H and O–H groups in total. The summed E-state index contributed by atoms with van der Waals surface area (Å²) >= 11 is 14.9. The first kappa shape index (κ1) is 15.0. The minimum atomic E-state index is -0.522. The van der Waals surface area contributed by atoms with Crippen LogP contribution in [0.4, 0.5) is 0 Å². The van der Waals surface area contributed by atoms with Crippen LogP contribution in [-0.2, 0) is 0 Å². The molecular weight excluding hydrogens is 365 g/mol. The Morgan fingerprint density at radius 1 is 1.20 bits per heavy atom. The molecule has 0 unspecified atom stereocenters. The number of amides is 1. The summed E-state index contributed by atoms with van der Waals surface area (Å²) in [6, 6.07) is 10.5. The highest BCUT2D eigenvalue weighted by Crippen LogP contribution is 2.16. The molecule has 0 aliphatic heterocycles. The summed E-state index contributed by atoms with van der Waals surface area (Å²) in [5.41, 5.74) is 3.22. The molecule has 0 atom stereocenters. The minimum Gasteiger partial charge on any atom is -0.265 e. The van der Waals surface area contributed by atoms with Gasteiger partial charge in [0.25, 0.3) is 5.91 Å². The summed E-state index contributed by atoms with van der Waals surface area (Å²) in [5, 5.41) is 4.24. The maximum atomic E-state index is 11.8. The van der Waals surface area contributed by atoms with Crippen LogP contribution >= 0.6 is 39.1 Å². The standard InChI is InChI=1S/C13H8BrCl2N3O/c14-9-3-1-8(2-4-9)7-17-19-13(20)12-10(15)5-6-11(16)18-12/h1-7H,(H,19,20)/b17-7+. The van der Waals surface area contributed by atoms with Gasteiger partial charge in [-0.1, -0.05) is 51.3 Å². The first-order chi connectivity index (χ1) is 9.56. The van der Waals surface area contributed by atoms with Crippen molar-refractivity contribution in [2.45, 2.75) is 0 Å². The van der Waals surface area contributed by atoms with Gasteiger partial charge in [0.1, 0.15) is 10.8 Å². The fourth-order valence-electron chi connectivity index (χ4n) is 1.34. The van der Waals surface area contributed by atoms with Gasteiger partial charge in [-0.15, -0.1) is 0 Å². The number of halogens is 3. The third kappa shape index (κ3) is 4.03. The smallest absolute Gasteiger partial charge is 0.265 e. The van der Waals surface area contributed by atoms with Crippen molar-refractivity contribution < 1.29 is 4.79 Å². The summed E-state index contributed by atoms with van der Waals surface area (Å²) in [5.74, 6) is -0.522. The number of benzene rings is 1. The molecular formula is C13H8BrCl2N3O. The first-order valence-electron chi connectivity index (χ1n) is 5.47. The number of nitrogens with zero attached hydrogens (tertiary/aromatic N) is 2. The maximum absolute atomic E-state index is 11.8. The molecule has 0 aliphatic rings. The van der Waals surface area contributed by atoms with Gasteiger partial charge < -0.3 is 0 Å². The third-order valence-electron chi connectivity index (χ3n) is 2.28. The van der Waals surface area contributed by atoms with Crippen LogP contribution in [0.1, 0.15) is 16.1 Å². The van der Waals surface area contributed by atoms with Crippen molar-refractivity contribution in [3.63, 3.8) is 0 Å². The number of nitrogens with one attached hydrogen (secondary N) is 1. The zero-order chi connectivity index (χ0) is 14.5. The maximum Gasteiger partial charge on any atom is 0.291 e. The third-order valence-corrected chi connectivity index (χ3v) is 3.32. The van der Waals surface area contributed by atoms with Gasteiger partial charge in [-0.2, -0.15) is 5.10 Å². The molecule has 0 bridgehead atoms. The van der Waals surface area contributed by atoms with Crippen molar-refractivity contribution in [2.75, 3.05) is 0 Å². The second kappa shape index (κ2) is 6.83. The van der Waals surface area contributed by atoms with Gasteiger partial charge in [-0.05, 0) is 29.8 Å². The Kier molecular flexibility index (Phi) is 5.11. The summed E-state index contributed by atoms with van der Waals surface area (Å²) in [7, 11) is 0. The molecule has 0 fully saturated rings. The van der Waals surface area contributed by atoms with E-state index < -0.39 is 5.91 Å². The molecule has 1 aromatic carbocycles. The molecule has 0 spiro atoms. The number of pyridine rings is 1. The number of aromatic nitrogens is 1. The molecule has 20 heavy (non-hydrogen) atoms. The number of hydrogen-bond donors (Lipinski definition) is 1. The van der Waals surface area contributed by atoms with Crippen molar-refractivity contribution in [1.29, 1.82) is 0 Å². The van der Waals surface area contributed by atoms with Crippen LogP contribution in [0, 0.1) is 0 Å². The highest BCUT2D eigenvalue weighted by atomic mass is 79.9. The summed E-state index contributed by atoms with van der Waals surface area (Å²) in [4.78, 5) is 15.7. The Labute approximate surface area is 133 Å². The van der Waals surface area contributed by atoms with Crippen LogP contribution in [0.15, 0.2) is 46.0 Å². The molecule has 7 heteroatoms. The molecule has 2 rings (SSSR count). The Bertz CT molecular complexity index is 659. The fraction of sp³-hybridized carbons (Fsp3) is 0. The van der Waals surface area contributed by atoms with Crippen LogP contribution in [0.5, 0.6) is 0 Å². The van der Waals surface area contributed by atoms with E-state index in [4.69, 9.17) is 23.2 Å². The number of hydrogen-bond acceptors (Lipinski definition) is 3. The molecule has 0 saturated carbocycles. The van der Waals surface area contributed by atoms with E-state index in [0.29, 0.717) is 0 Å². The summed E-state index contributed by atoms with van der Waals surface area (Å²) in [6.45, 7) is 0. The summed E-state index contributed by atoms with van der Waals surface area (Å²) in [6.07, 6.45) is 1.52. The van der Waals surface area contributed by atoms with Gasteiger partial charge in [-0.3, -0.25) is 4.79 Å². The quantitative estimate of drug-likeness (QED) is 0.504. The van der Waals surface area contributed by atoms with Crippen molar-refractivity contribution in [2.24, 2.45) is 5.10 Å². The van der Waals surface area contributed by atoms with Crippen molar-refractivity contribution >= 4 is 51.3 Å².